The largest absolute Gasteiger partial charge is 0.393 e. The molecule has 1 saturated carbocycles. The lowest BCUT2D eigenvalue weighted by Crippen LogP contribution is -2.63. The molecule has 106 valence electrons. The maximum absolute atomic E-state index is 11.1. The molecule has 0 aromatic rings. The minimum atomic E-state index is -1.69. The molecule has 18 heavy (non-hydrogen) atoms. The van der Waals surface area contributed by atoms with E-state index in [0.29, 0.717) is 19.1 Å². The minimum absolute atomic E-state index is 0.121. The summed E-state index contributed by atoms with van der Waals surface area (Å²) in [6, 6.07) is 0. The zero-order chi connectivity index (χ0) is 13.6. The summed E-state index contributed by atoms with van der Waals surface area (Å²) in [6.45, 7) is 12.3. The van der Waals surface area contributed by atoms with Crippen molar-refractivity contribution in [1.82, 2.24) is 0 Å². The van der Waals surface area contributed by atoms with Crippen molar-refractivity contribution in [1.29, 1.82) is 0 Å². The Hall–Kier alpha value is 0.0969. The van der Waals surface area contributed by atoms with Crippen molar-refractivity contribution >= 4 is 8.07 Å². The maximum atomic E-state index is 11.1. The van der Waals surface area contributed by atoms with Crippen LogP contribution in [0.15, 0.2) is 0 Å². The van der Waals surface area contributed by atoms with Crippen LogP contribution in [0.2, 0.25) is 19.6 Å². The first-order valence-electron chi connectivity index (χ1n) is 7.19. The van der Waals surface area contributed by atoms with Crippen LogP contribution >= 0.6 is 0 Å². The van der Waals surface area contributed by atoms with Crippen LogP contribution in [0.1, 0.15) is 33.1 Å². The van der Waals surface area contributed by atoms with Gasteiger partial charge >= 0.3 is 0 Å². The van der Waals surface area contributed by atoms with Crippen LogP contribution in [0.25, 0.3) is 0 Å². The molecule has 0 aromatic carbocycles. The molecule has 0 aromatic heterocycles. The van der Waals surface area contributed by atoms with Gasteiger partial charge in [0.15, 0.2) is 5.79 Å². The quantitative estimate of drug-likeness (QED) is 0.786. The Morgan fingerprint density at radius 3 is 2.22 bits per heavy atom. The number of hydrogen-bond acceptors (Lipinski definition) is 3. The summed E-state index contributed by atoms with van der Waals surface area (Å²) in [6.07, 6.45) is 3.11. The molecule has 1 heterocycles. The molecule has 0 radical (unpaired) electrons. The molecule has 3 atom stereocenters. The molecule has 1 N–H and O–H groups in total. The molecule has 2 fully saturated rings. The van der Waals surface area contributed by atoms with Crippen molar-refractivity contribution in [3.05, 3.63) is 0 Å². The highest BCUT2D eigenvalue weighted by Crippen LogP contribution is 2.49. The van der Waals surface area contributed by atoms with E-state index in [1.165, 1.54) is 6.42 Å². The van der Waals surface area contributed by atoms with E-state index < -0.39 is 19.1 Å². The Morgan fingerprint density at radius 2 is 1.72 bits per heavy atom. The molecule has 1 saturated heterocycles. The second-order valence-corrected chi connectivity index (χ2v) is 12.9. The molecular weight excluding hydrogens is 244 g/mol. The maximum Gasteiger partial charge on any atom is 0.173 e. The number of aliphatic hydroxyl groups is 1. The van der Waals surface area contributed by atoms with Gasteiger partial charge in [-0.1, -0.05) is 26.6 Å². The number of hydrogen-bond donors (Lipinski definition) is 1. The summed E-state index contributed by atoms with van der Waals surface area (Å²) in [5, 5.41) is 10.4. The summed E-state index contributed by atoms with van der Waals surface area (Å²) in [4.78, 5) is 0. The highest BCUT2D eigenvalue weighted by atomic mass is 28.3. The Bertz CT molecular complexity index is 303. The first kappa shape index (κ1) is 14.5. The second-order valence-electron chi connectivity index (χ2n) is 7.35. The van der Waals surface area contributed by atoms with Gasteiger partial charge in [0.1, 0.15) is 0 Å². The molecule has 1 aliphatic heterocycles. The molecular formula is C14H28O3Si. The lowest BCUT2D eigenvalue weighted by molar-refractivity contribution is -0.246. The summed E-state index contributed by atoms with van der Waals surface area (Å²) < 4.78 is 12.0. The van der Waals surface area contributed by atoms with Crippen LogP contribution in [0.3, 0.4) is 0 Å². The van der Waals surface area contributed by atoms with Gasteiger partial charge in [0.25, 0.3) is 0 Å². The van der Waals surface area contributed by atoms with E-state index >= 15 is 0 Å². The summed E-state index contributed by atoms with van der Waals surface area (Å²) in [5.41, 5.74) is 0. The minimum Gasteiger partial charge on any atom is -0.393 e. The lowest BCUT2D eigenvalue weighted by Gasteiger charge is -2.52. The van der Waals surface area contributed by atoms with Gasteiger partial charge < -0.3 is 14.6 Å². The molecule has 1 spiro atoms. The van der Waals surface area contributed by atoms with Gasteiger partial charge in [0.2, 0.25) is 0 Å². The molecule has 0 amide bonds. The van der Waals surface area contributed by atoms with E-state index in [4.69, 9.17) is 9.47 Å². The topological polar surface area (TPSA) is 38.7 Å². The molecule has 0 unspecified atom stereocenters. The fraction of sp³-hybridized carbons (Fsp3) is 1.00. The van der Waals surface area contributed by atoms with E-state index in [-0.39, 0.29) is 5.92 Å². The first-order chi connectivity index (χ1) is 8.19. The van der Waals surface area contributed by atoms with Gasteiger partial charge in [-0.05, 0) is 25.7 Å². The van der Waals surface area contributed by atoms with Gasteiger partial charge in [-0.2, -0.15) is 0 Å². The zero-order valence-electron chi connectivity index (χ0n) is 12.5. The SMILES string of the molecule is C[C@@H]1CC[C@@H]([C@@](C)(O)[Si](C)(C)C)C2(C1)OCCO2. The normalized spacial score (nSPS) is 35.7. The van der Waals surface area contributed by atoms with E-state index in [2.05, 4.69) is 26.6 Å². The van der Waals surface area contributed by atoms with Crippen LogP contribution in [0, 0.1) is 11.8 Å². The summed E-state index contributed by atoms with van der Waals surface area (Å²) >= 11 is 0. The van der Waals surface area contributed by atoms with Crippen LogP contribution < -0.4 is 0 Å². The molecule has 2 aliphatic rings. The fourth-order valence-corrected chi connectivity index (χ4v) is 4.83. The Morgan fingerprint density at radius 1 is 1.17 bits per heavy atom. The lowest BCUT2D eigenvalue weighted by atomic mass is 9.75. The monoisotopic (exact) mass is 272 g/mol. The molecule has 4 heteroatoms. The van der Waals surface area contributed by atoms with Crippen molar-refractivity contribution in [2.24, 2.45) is 11.8 Å². The van der Waals surface area contributed by atoms with Crippen LogP contribution in [0.5, 0.6) is 0 Å². The smallest absolute Gasteiger partial charge is 0.173 e. The van der Waals surface area contributed by atoms with Crippen molar-refractivity contribution in [2.75, 3.05) is 13.2 Å². The van der Waals surface area contributed by atoms with Gasteiger partial charge in [0.05, 0.1) is 26.5 Å². The van der Waals surface area contributed by atoms with E-state index in [9.17, 15) is 5.11 Å². The molecule has 0 bridgehead atoms. The van der Waals surface area contributed by atoms with E-state index in [1.54, 1.807) is 0 Å². The molecule has 2 rings (SSSR count). The zero-order valence-corrected chi connectivity index (χ0v) is 13.5. The van der Waals surface area contributed by atoms with Crippen LogP contribution in [-0.4, -0.2) is 37.4 Å². The molecule has 1 aliphatic carbocycles. The van der Waals surface area contributed by atoms with Crippen molar-refractivity contribution in [2.45, 2.75) is 63.8 Å². The first-order valence-corrected chi connectivity index (χ1v) is 10.7. The van der Waals surface area contributed by atoms with E-state index in [0.717, 1.165) is 12.8 Å². The van der Waals surface area contributed by atoms with Crippen LogP contribution in [0.4, 0.5) is 0 Å². The Labute approximate surface area is 112 Å². The van der Waals surface area contributed by atoms with Gasteiger partial charge in [-0.15, -0.1) is 0 Å². The van der Waals surface area contributed by atoms with Gasteiger partial charge in [-0.25, -0.2) is 0 Å². The molecule has 3 nitrogen and oxygen atoms in total. The van der Waals surface area contributed by atoms with Crippen molar-refractivity contribution in [3.63, 3.8) is 0 Å². The second kappa shape index (κ2) is 4.58. The Kier molecular flexibility index (Phi) is 3.69. The predicted octanol–water partition coefficient (Wildman–Crippen LogP) is 2.79. The summed E-state index contributed by atoms with van der Waals surface area (Å²) in [7, 11) is -1.69. The summed E-state index contributed by atoms with van der Waals surface area (Å²) in [5.74, 6) is 0.230. The highest BCUT2D eigenvalue weighted by molar-refractivity contribution is 6.78. The standard InChI is InChI=1S/C14H28O3Si/c1-11-6-7-12(13(2,15)18(3,4)5)14(10-11)16-8-9-17-14/h11-12,15H,6-10H2,1-5H3/t11-,12+,13+/m1/s1. The Balaban J connectivity index is 2.30. The number of ether oxygens (including phenoxy) is 2. The fourth-order valence-electron chi connectivity index (χ4n) is 3.42. The van der Waals surface area contributed by atoms with Crippen LogP contribution in [-0.2, 0) is 9.47 Å². The average Bonchev–Trinajstić information content (AvgIpc) is 2.64. The van der Waals surface area contributed by atoms with Crippen molar-refractivity contribution in [3.8, 4) is 0 Å². The third kappa shape index (κ3) is 2.28. The highest BCUT2D eigenvalue weighted by Gasteiger charge is 2.58. The predicted molar refractivity (Wildman–Crippen MR) is 75.1 cm³/mol. The third-order valence-corrected chi connectivity index (χ3v) is 8.47. The van der Waals surface area contributed by atoms with Gasteiger partial charge in [-0.3, -0.25) is 0 Å². The number of rotatable bonds is 2. The average molecular weight is 272 g/mol. The van der Waals surface area contributed by atoms with Gasteiger partial charge in [0, 0.05) is 12.3 Å². The third-order valence-electron chi connectivity index (χ3n) is 5.09. The van der Waals surface area contributed by atoms with E-state index in [1.807, 2.05) is 6.92 Å². The van der Waals surface area contributed by atoms with Crippen molar-refractivity contribution < 1.29 is 14.6 Å².